The summed E-state index contributed by atoms with van der Waals surface area (Å²) < 4.78 is 34.6. The first-order chi connectivity index (χ1) is 15.9. The summed E-state index contributed by atoms with van der Waals surface area (Å²) in [6.07, 6.45) is 4.28. The molecular weight excluding hydrogens is 442 g/mol. The number of sulfonamides is 1. The molecule has 1 saturated heterocycles. The lowest BCUT2D eigenvalue weighted by Crippen LogP contribution is -2.35. The average Bonchev–Trinajstić information content (AvgIpc) is 3.19. The topological polar surface area (TPSA) is 106 Å². The van der Waals surface area contributed by atoms with Crippen LogP contribution in [0.25, 0.3) is 11.3 Å². The Labute approximate surface area is 193 Å². The van der Waals surface area contributed by atoms with E-state index in [1.807, 2.05) is 30.3 Å². The Morgan fingerprint density at radius 1 is 1.00 bits per heavy atom. The van der Waals surface area contributed by atoms with E-state index in [-0.39, 0.29) is 10.6 Å². The van der Waals surface area contributed by atoms with Gasteiger partial charge in [-0.2, -0.15) is 9.40 Å². The van der Waals surface area contributed by atoms with E-state index in [9.17, 15) is 13.2 Å². The minimum atomic E-state index is -3.65. The Morgan fingerprint density at radius 3 is 2.39 bits per heavy atom. The molecule has 174 valence electrons. The summed E-state index contributed by atoms with van der Waals surface area (Å²) in [5, 5.41) is 9.77. The second kappa shape index (κ2) is 9.63. The Balaban J connectivity index is 1.57. The van der Waals surface area contributed by atoms with Crippen LogP contribution in [-0.4, -0.2) is 48.7 Å². The summed E-state index contributed by atoms with van der Waals surface area (Å²) in [5.74, 6) is 0.359. The van der Waals surface area contributed by atoms with Crippen LogP contribution in [-0.2, 0) is 17.1 Å². The predicted octanol–water partition coefficient (Wildman–Crippen LogP) is 3.91. The van der Waals surface area contributed by atoms with Crippen molar-refractivity contribution in [1.82, 2.24) is 14.1 Å². The van der Waals surface area contributed by atoms with Gasteiger partial charge in [0.1, 0.15) is 5.75 Å². The largest absolute Gasteiger partial charge is 0.495 e. The van der Waals surface area contributed by atoms with Gasteiger partial charge in [0.15, 0.2) is 0 Å². The van der Waals surface area contributed by atoms with Crippen molar-refractivity contribution in [2.24, 2.45) is 7.05 Å². The molecule has 0 aliphatic carbocycles. The highest BCUT2D eigenvalue weighted by Crippen LogP contribution is 2.31. The molecule has 1 fully saturated rings. The third-order valence-corrected chi connectivity index (χ3v) is 7.50. The zero-order valence-electron chi connectivity index (χ0n) is 18.6. The first-order valence-corrected chi connectivity index (χ1v) is 12.2. The van der Waals surface area contributed by atoms with Crippen molar-refractivity contribution in [1.29, 1.82) is 0 Å². The van der Waals surface area contributed by atoms with Gasteiger partial charge in [0.2, 0.25) is 10.0 Å². The fraction of sp³-hybridized carbons (Fsp3) is 0.304. The predicted molar refractivity (Wildman–Crippen MR) is 127 cm³/mol. The number of methoxy groups -OCH3 is 1. The van der Waals surface area contributed by atoms with Gasteiger partial charge in [0.25, 0.3) is 0 Å². The summed E-state index contributed by atoms with van der Waals surface area (Å²) in [5.41, 5.74) is 2.44. The van der Waals surface area contributed by atoms with E-state index in [4.69, 9.17) is 4.74 Å². The monoisotopic (exact) mass is 469 g/mol. The SMILES string of the molecule is COc1ccc(S(=O)(=O)N2CCCCC2)cc1NC(=O)Nc1cnn(C)c1-c1ccccc1. The third kappa shape index (κ3) is 4.86. The second-order valence-electron chi connectivity index (χ2n) is 7.80. The standard InChI is InChI=1S/C23H27N5O4S/c1-27-22(17-9-5-3-6-10-17)20(16-24-27)26-23(29)25-19-15-18(11-12-21(19)32-2)33(30,31)28-13-7-4-8-14-28/h3,5-6,9-12,15-16H,4,7-8,13-14H2,1-2H3,(H2,25,26,29). The van der Waals surface area contributed by atoms with Gasteiger partial charge >= 0.3 is 6.03 Å². The Morgan fingerprint density at radius 2 is 1.70 bits per heavy atom. The van der Waals surface area contributed by atoms with Crippen LogP contribution in [0.1, 0.15) is 19.3 Å². The molecule has 2 aromatic carbocycles. The summed E-state index contributed by atoms with van der Waals surface area (Å²) in [6, 6.07) is 13.5. The molecule has 0 bridgehead atoms. The maximum Gasteiger partial charge on any atom is 0.323 e. The summed E-state index contributed by atoms with van der Waals surface area (Å²) >= 11 is 0. The summed E-state index contributed by atoms with van der Waals surface area (Å²) in [4.78, 5) is 12.9. The van der Waals surface area contributed by atoms with E-state index in [0.29, 0.717) is 24.5 Å². The molecule has 1 aliphatic rings. The number of carbonyl (C=O) groups is 1. The number of aromatic nitrogens is 2. The van der Waals surface area contributed by atoms with Crippen molar-refractivity contribution in [3.05, 3.63) is 54.7 Å². The van der Waals surface area contributed by atoms with Crippen LogP contribution in [0, 0.1) is 0 Å². The molecule has 0 atom stereocenters. The number of urea groups is 1. The lowest BCUT2D eigenvalue weighted by atomic mass is 10.1. The number of nitrogens with one attached hydrogen (secondary N) is 2. The Bertz CT molecular complexity index is 1230. The van der Waals surface area contributed by atoms with Gasteiger partial charge in [-0.3, -0.25) is 4.68 Å². The number of ether oxygens (including phenoxy) is 1. The zero-order chi connectivity index (χ0) is 23.4. The van der Waals surface area contributed by atoms with E-state index in [1.54, 1.807) is 24.0 Å². The number of benzene rings is 2. The fourth-order valence-corrected chi connectivity index (χ4v) is 5.49. The molecule has 1 aliphatic heterocycles. The molecule has 3 aromatic rings. The smallest absolute Gasteiger partial charge is 0.323 e. The highest BCUT2D eigenvalue weighted by molar-refractivity contribution is 7.89. The first kappa shape index (κ1) is 22.8. The lowest BCUT2D eigenvalue weighted by Gasteiger charge is -2.26. The molecule has 9 nitrogen and oxygen atoms in total. The van der Waals surface area contributed by atoms with Crippen LogP contribution in [0.4, 0.5) is 16.2 Å². The van der Waals surface area contributed by atoms with Crippen LogP contribution in [0.2, 0.25) is 0 Å². The van der Waals surface area contributed by atoms with E-state index in [2.05, 4.69) is 15.7 Å². The molecule has 33 heavy (non-hydrogen) atoms. The van der Waals surface area contributed by atoms with Crippen molar-refractivity contribution >= 4 is 27.4 Å². The van der Waals surface area contributed by atoms with E-state index in [0.717, 1.165) is 30.5 Å². The van der Waals surface area contributed by atoms with Gasteiger partial charge < -0.3 is 15.4 Å². The molecular formula is C23H27N5O4S. The molecule has 4 rings (SSSR count). The molecule has 2 N–H and O–H groups in total. The number of hydrogen-bond donors (Lipinski definition) is 2. The maximum atomic E-state index is 13.1. The second-order valence-corrected chi connectivity index (χ2v) is 9.74. The Hall–Kier alpha value is -3.37. The fourth-order valence-electron chi connectivity index (χ4n) is 3.94. The minimum Gasteiger partial charge on any atom is -0.495 e. The highest BCUT2D eigenvalue weighted by Gasteiger charge is 2.27. The first-order valence-electron chi connectivity index (χ1n) is 10.7. The van der Waals surface area contributed by atoms with E-state index in [1.165, 1.54) is 23.5 Å². The molecule has 1 aromatic heterocycles. The quantitative estimate of drug-likeness (QED) is 0.569. The van der Waals surface area contributed by atoms with Crippen molar-refractivity contribution in [2.75, 3.05) is 30.8 Å². The van der Waals surface area contributed by atoms with Crippen LogP contribution >= 0.6 is 0 Å². The Kier molecular flexibility index (Phi) is 6.66. The molecule has 0 unspecified atom stereocenters. The third-order valence-electron chi connectivity index (χ3n) is 5.61. The van der Waals surface area contributed by atoms with Gasteiger partial charge in [-0.1, -0.05) is 36.8 Å². The number of rotatable bonds is 6. The molecule has 2 heterocycles. The number of carbonyl (C=O) groups excluding carboxylic acids is 1. The van der Waals surface area contributed by atoms with Crippen molar-refractivity contribution in [3.63, 3.8) is 0 Å². The van der Waals surface area contributed by atoms with Gasteiger partial charge in [-0.15, -0.1) is 0 Å². The van der Waals surface area contributed by atoms with Crippen molar-refractivity contribution in [2.45, 2.75) is 24.2 Å². The lowest BCUT2D eigenvalue weighted by molar-refractivity contribution is 0.262. The summed E-state index contributed by atoms with van der Waals surface area (Å²) in [7, 11) is -0.392. The maximum absolute atomic E-state index is 13.1. The molecule has 0 saturated carbocycles. The number of amides is 2. The molecule has 2 amide bonds. The van der Waals surface area contributed by atoms with Gasteiger partial charge in [0.05, 0.1) is 35.3 Å². The molecule has 0 spiro atoms. The molecule has 10 heteroatoms. The highest BCUT2D eigenvalue weighted by atomic mass is 32.2. The van der Waals surface area contributed by atoms with Crippen LogP contribution in [0.5, 0.6) is 5.75 Å². The van der Waals surface area contributed by atoms with Crippen LogP contribution in [0.15, 0.2) is 59.6 Å². The minimum absolute atomic E-state index is 0.117. The summed E-state index contributed by atoms with van der Waals surface area (Å²) in [6.45, 7) is 1.00. The van der Waals surface area contributed by atoms with E-state index < -0.39 is 16.1 Å². The number of nitrogens with zero attached hydrogens (tertiary/aromatic N) is 3. The van der Waals surface area contributed by atoms with Gasteiger partial charge in [0, 0.05) is 25.7 Å². The zero-order valence-corrected chi connectivity index (χ0v) is 19.4. The van der Waals surface area contributed by atoms with Crippen molar-refractivity contribution < 1.29 is 17.9 Å². The van der Waals surface area contributed by atoms with E-state index >= 15 is 0 Å². The van der Waals surface area contributed by atoms with Crippen molar-refractivity contribution in [3.8, 4) is 17.0 Å². The normalized spacial score (nSPS) is 14.6. The van der Waals surface area contributed by atoms with Gasteiger partial charge in [-0.05, 0) is 31.0 Å². The van der Waals surface area contributed by atoms with Gasteiger partial charge in [-0.25, -0.2) is 13.2 Å². The number of anilines is 2. The molecule has 0 radical (unpaired) electrons. The van der Waals surface area contributed by atoms with Crippen LogP contribution < -0.4 is 15.4 Å². The number of hydrogen-bond acceptors (Lipinski definition) is 5. The number of aryl methyl sites for hydroxylation is 1. The average molecular weight is 470 g/mol. The number of piperidine rings is 1. The van der Waals surface area contributed by atoms with Crippen LogP contribution in [0.3, 0.4) is 0 Å².